The van der Waals surface area contributed by atoms with Crippen molar-refractivity contribution in [2.45, 2.75) is 25.3 Å². The van der Waals surface area contributed by atoms with Gasteiger partial charge in [0.1, 0.15) is 0 Å². The highest BCUT2D eigenvalue weighted by Gasteiger charge is 2.31. The maximum Gasteiger partial charge on any atom is 0.305 e. The maximum absolute atomic E-state index is 12.6. The van der Waals surface area contributed by atoms with Crippen LogP contribution in [0.2, 0.25) is 10.0 Å². The van der Waals surface area contributed by atoms with Gasteiger partial charge in [0.2, 0.25) is 0 Å². The molecule has 3 rings (SSSR count). The Hall–Kier alpha value is -2.05. The molecule has 1 unspecified atom stereocenters. The normalized spacial score (nSPS) is 17.2. The first kappa shape index (κ1) is 16.8. The lowest BCUT2D eigenvalue weighted by Crippen LogP contribution is -2.36. The standard InChI is InChI=1S/C16H15Cl2N3O3/c17-11-3-4-14(13(18)6-11)21-9-10(8-19-21)16(24)20-5-1-2-12(20)7-15(22)23/h3-4,6,8-9,12H,1-2,5,7H2,(H,22,23). The second-order valence-corrected chi connectivity index (χ2v) is 6.51. The Kier molecular flexibility index (Phi) is 4.78. The Morgan fingerprint density at radius 2 is 2.12 bits per heavy atom. The molecule has 1 aromatic carbocycles. The van der Waals surface area contributed by atoms with Gasteiger partial charge in [-0.1, -0.05) is 23.2 Å². The fraction of sp³-hybridized carbons (Fsp3) is 0.312. The van der Waals surface area contributed by atoms with E-state index in [0.29, 0.717) is 34.3 Å². The molecule has 1 aliphatic heterocycles. The van der Waals surface area contributed by atoms with Crippen molar-refractivity contribution >= 4 is 35.1 Å². The number of halogens is 2. The zero-order valence-electron chi connectivity index (χ0n) is 12.7. The van der Waals surface area contributed by atoms with E-state index < -0.39 is 5.97 Å². The second-order valence-electron chi connectivity index (χ2n) is 5.66. The monoisotopic (exact) mass is 367 g/mol. The van der Waals surface area contributed by atoms with Crippen molar-refractivity contribution in [2.75, 3.05) is 6.54 Å². The van der Waals surface area contributed by atoms with Crippen LogP contribution in [0.4, 0.5) is 0 Å². The Labute approximate surface area is 148 Å². The van der Waals surface area contributed by atoms with Crippen molar-refractivity contribution < 1.29 is 14.7 Å². The van der Waals surface area contributed by atoms with Crippen LogP contribution in [0.5, 0.6) is 0 Å². The van der Waals surface area contributed by atoms with Crippen molar-refractivity contribution in [3.05, 3.63) is 46.2 Å². The van der Waals surface area contributed by atoms with E-state index in [9.17, 15) is 9.59 Å². The number of amides is 1. The van der Waals surface area contributed by atoms with E-state index in [1.165, 1.54) is 10.9 Å². The van der Waals surface area contributed by atoms with Crippen LogP contribution in [0, 0.1) is 0 Å². The molecule has 1 N–H and O–H groups in total. The van der Waals surface area contributed by atoms with E-state index in [4.69, 9.17) is 28.3 Å². The predicted molar refractivity (Wildman–Crippen MR) is 89.9 cm³/mol. The lowest BCUT2D eigenvalue weighted by Gasteiger charge is -2.22. The van der Waals surface area contributed by atoms with Crippen molar-refractivity contribution in [3.8, 4) is 5.69 Å². The molecular weight excluding hydrogens is 353 g/mol. The van der Waals surface area contributed by atoms with Gasteiger partial charge in [-0.05, 0) is 31.0 Å². The third kappa shape index (κ3) is 3.39. The average Bonchev–Trinajstić information content (AvgIpc) is 3.15. The van der Waals surface area contributed by atoms with Gasteiger partial charge in [0.25, 0.3) is 5.91 Å². The minimum atomic E-state index is -0.900. The highest BCUT2D eigenvalue weighted by atomic mass is 35.5. The molecule has 2 heterocycles. The zero-order chi connectivity index (χ0) is 17.3. The molecule has 1 fully saturated rings. The predicted octanol–water partition coefficient (Wildman–Crippen LogP) is 3.26. The third-order valence-corrected chi connectivity index (χ3v) is 4.57. The van der Waals surface area contributed by atoms with Crippen molar-refractivity contribution in [2.24, 2.45) is 0 Å². The molecule has 0 bridgehead atoms. The van der Waals surface area contributed by atoms with Gasteiger partial charge in [0, 0.05) is 23.8 Å². The van der Waals surface area contributed by atoms with E-state index in [2.05, 4.69) is 5.10 Å². The summed E-state index contributed by atoms with van der Waals surface area (Å²) in [4.78, 5) is 25.2. The van der Waals surface area contributed by atoms with Crippen molar-refractivity contribution in [1.29, 1.82) is 0 Å². The number of aliphatic carboxylic acids is 1. The zero-order valence-corrected chi connectivity index (χ0v) is 14.2. The van der Waals surface area contributed by atoms with E-state index >= 15 is 0 Å². The topological polar surface area (TPSA) is 75.4 Å². The number of carbonyl (C=O) groups excluding carboxylic acids is 1. The molecule has 1 amide bonds. The fourth-order valence-corrected chi connectivity index (χ4v) is 3.41. The van der Waals surface area contributed by atoms with E-state index in [1.807, 2.05) is 0 Å². The summed E-state index contributed by atoms with van der Waals surface area (Å²) in [6, 6.07) is 4.74. The van der Waals surface area contributed by atoms with Gasteiger partial charge in [-0.15, -0.1) is 0 Å². The quantitative estimate of drug-likeness (QED) is 0.899. The number of carboxylic acid groups (broad SMARTS) is 1. The number of benzene rings is 1. The number of carbonyl (C=O) groups is 2. The van der Waals surface area contributed by atoms with Crippen molar-refractivity contribution in [3.63, 3.8) is 0 Å². The SMILES string of the molecule is O=C(O)CC1CCCN1C(=O)c1cnn(-c2ccc(Cl)cc2Cl)c1. The van der Waals surface area contributed by atoms with Crippen LogP contribution in [0.1, 0.15) is 29.6 Å². The van der Waals surface area contributed by atoms with Crippen LogP contribution in [0.25, 0.3) is 5.69 Å². The molecule has 6 nitrogen and oxygen atoms in total. The summed E-state index contributed by atoms with van der Waals surface area (Å²) < 4.78 is 1.51. The van der Waals surface area contributed by atoms with E-state index in [0.717, 1.165) is 6.42 Å². The van der Waals surface area contributed by atoms with E-state index in [-0.39, 0.29) is 18.4 Å². The Morgan fingerprint density at radius 1 is 1.33 bits per heavy atom. The highest BCUT2D eigenvalue weighted by molar-refractivity contribution is 6.35. The fourth-order valence-electron chi connectivity index (χ4n) is 2.91. The van der Waals surface area contributed by atoms with Crippen LogP contribution in [0.3, 0.4) is 0 Å². The molecule has 2 aromatic rings. The molecule has 1 aromatic heterocycles. The van der Waals surface area contributed by atoms with Gasteiger partial charge in [-0.2, -0.15) is 5.10 Å². The van der Waals surface area contributed by atoms with Crippen LogP contribution >= 0.6 is 23.2 Å². The summed E-state index contributed by atoms with van der Waals surface area (Å²) in [6.45, 7) is 0.559. The minimum absolute atomic E-state index is 0.0388. The molecule has 1 saturated heterocycles. The number of aromatic nitrogens is 2. The summed E-state index contributed by atoms with van der Waals surface area (Å²) in [6.07, 6.45) is 4.52. The van der Waals surface area contributed by atoms with Crippen molar-refractivity contribution in [1.82, 2.24) is 14.7 Å². The molecule has 24 heavy (non-hydrogen) atoms. The second kappa shape index (κ2) is 6.83. The molecule has 0 aliphatic carbocycles. The summed E-state index contributed by atoms with van der Waals surface area (Å²) >= 11 is 12.0. The first-order valence-electron chi connectivity index (χ1n) is 7.48. The number of hydrogen-bond donors (Lipinski definition) is 1. The van der Waals surface area contributed by atoms with Gasteiger partial charge in [-0.3, -0.25) is 9.59 Å². The number of nitrogens with zero attached hydrogens (tertiary/aromatic N) is 3. The van der Waals surface area contributed by atoms with Gasteiger partial charge in [0.15, 0.2) is 0 Å². The Bertz CT molecular complexity index is 791. The molecule has 0 saturated carbocycles. The molecule has 0 spiro atoms. The Balaban J connectivity index is 1.82. The van der Waals surface area contributed by atoms with Gasteiger partial charge >= 0.3 is 5.97 Å². The van der Waals surface area contributed by atoms with Crippen LogP contribution in [-0.2, 0) is 4.79 Å². The molecular formula is C16H15Cl2N3O3. The highest BCUT2D eigenvalue weighted by Crippen LogP contribution is 2.26. The van der Waals surface area contributed by atoms with E-state index in [1.54, 1.807) is 29.3 Å². The van der Waals surface area contributed by atoms with Gasteiger partial charge in [-0.25, -0.2) is 4.68 Å². The molecule has 8 heteroatoms. The average molecular weight is 368 g/mol. The van der Waals surface area contributed by atoms with Gasteiger partial charge < -0.3 is 10.0 Å². The molecule has 1 atom stereocenters. The maximum atomic E-state index is 12.6. The molecule has 1 aliphatic rings. The third-order valence-electron chi connectivity index (χ3n) is 4.03. The van der Waals surface area contributed by atoms with Gasteiger partial charge in [0.05, 0.1) is 28.9 Å². The number of rotatable bonds is 4. The number of carboxylic acids is 1. The summed E-state index contributed by atoms with van der Waals surface area (Å²) in [7, 11) is 0. The summed E-state index contributed by atoms with van der Waals surface area (Å²) in [5.41, 5.74) is 1.02. The largest absolute Gasteiger partial charge is 0.481 e. The first-order chi connectivity index (χ1) is 11.5. The molecule has 126 valence electrons. The van der Waals surface area contributed by atoms with Crippen LogP contribution < -0.4 is 0 Å². The summed E-state index contributed by atoms with van der Waals surface area (Å²) in [5.74, 6) is -1.11. The first-order valence-corrected chi connectivity index (χ1v) is 8.24. The minimum Gasteiger partial charge on any atom is -0.481 e. The molecule has 0 radical (unpaired) electrons. The number of likely N-dealkylation sites (tertiary alicyclic amines) is 1. The lowest BCUT2D eigenvalue weighted by atomic mass is 10.1. The Morgan fingerprint density at radius 3 is 2.83 bits per heavy atom. The summed E-state index contributed by atoms with van der Waals surface area (Å²) in [5, 5.41) is 14.1. The van der Waals surface area contributed by atoms with Crippen LogP contribution in [0.15, 0.2) is 30.6 Å². The number of hydrogen-bond acceptors (Lipinski definition) is 3. The smallest absolute Gasteiger partial charge is 0.305 e. The van der Waals surface area contributed by atoms with Crippen LogP contribution in [-0.4, -0.2) is 44.3 Å². The lowest BCUT2D eigenvalue weighted by molar-refractivity contribution is -0.137.